The van der Waals surface area contributed by atoms with E-state index in [2.05, 4.69) is 28.5 Å². The highest BCUT2D eigenvalue weighted by Gasteiger charge is 2.25. The van der Waals surface area contributed by atoms with Gasteiger partial charge in [-0.3, -0.25) is 4.79 Å². The Hall–Kier alpha value is -1.81. The van der Waals surface area contributed by atoms with Gasteiger partial charge in [-0.15, -0.1) is 0 Å². The third kappa shape index (κ3) is 2.24. The van der Waals surface area contributed by atoms with Crippen LogP contribution in [-0.2, 0) is 16.0 Å². The number of aryl methyl sites for hydroxylation is 1. The number of rotatable bonds is 3. The smallest absolute Gasteiger partial charge is 0.246 e. The van der Waals surface area contributed by atoms with Crippen molar-refractivity contribution in [1.29, 1.82) is 0 Å². The van der Waals surface area contributed by atoms with E-state index in [4.69, 9.17) is 4.74 Å². The number of H-pyrrole nitrogens is 1. The Labute approximate surface area is 112 Å². The number of aromatic nitrogens is 1. The number of benzene rings is 1. The molecule has 2 aromatic rings. The molecule has 3 rings (SSSR count). The van der Waals surface area contributed by atoms with E-state index in [1.54, 1.807) is 0 Å². The van der Waals surface area contributed by atoms with Gasteiger partial charge in [0.2, 0.25) is 5.91 Å². The van der Waals surface area contributed by atoms with Crippen molar-refractivity contribution in [3.05, 3.63) is 35.5 Å². The second kappa shape index (κ2) is 5.05. The number of ether oxygens (including phenoxy) is 1. The summed E-state index contributed by atoms with van der Waals surface area (Å²) in [5.41, 5.74) is 3.67. The number of carbonyl (C=O) groups excluding carboxylic acids is 1. The van der Waals surface area contributed by atoms with Crippen molar-refractivity contribution in [2.45, 2.75) is 25.3 Å². The Morgan fingerprint density at radius 3 is 3.16 bits per heavy atom. The minimum atomic E-state index is -0.0565. The van der Waals surface area contributed by atoms with E-state index in [-0.39, 0.29) is 18.6 Å². The predicted octanol–water partition coefficient (Wildman–Crippen LogP) is 2.31. The maximum absolute atomic E-state index is 11.7. The number of fused-ring (bicyclic) bond motifs is 3. The van der Waals surface area contributed by atoms with Crippen molar-refractivity contribution in [1.82, 2.24) is 10.3 Å². The Morgan fingerprint density at radius 1 is 1.47 bits per heavy atom. The summed E-state index contributed by atoms with van der Waals surface area (Å²) in [6.45, 7) is 0.117. The normalized spacial score (nSPS) is 18.3. The summed E-state index contributed by atoms with van der Waals surface area (Å²) in [5, 5.41) is 4.32. The van der Waals surface area contributed by atoms with Crippen LogP contribution in [0.1, 0.15) is 30.1 Å². The van der Waals surface area contributed by atoms with Gasteiger partial charge in [-0.2, -0.15) is 0 Å². The number of aromatic amines is 1. The van der Waals surface area contributed by atoms with E-state index in [1.165, 1.54) is 18.1 Å². The lowest BCUT2D eigenvalue weighted by Crippen LogP contribution is -2.33. The highest BCUT2D eigenvalue weighted by Crippen LogP contribution is 2.34. The van der Waals surface area contributed by atoms with Crippen LogP contribution in [0.5, 0.6) is 0 Å². The lowest BCUT2D eigenvalue weighted by Gasteiger charge is -2.23. The minimum Gasteiger partial charge on any atom is -0.375 e. The highest BCUT2D eigenvalue weighted by molar-refractivity contribution is 5.85. The van der Waals surface area contributed by atoms with Gasteiger partial charge in [0.05, 0.1) is 6.04 Å². The molecule has 0 bridgehead atoms. The second-order valence-corrected chi connectivity index (χ2v) is 5.01. The molecule has 1 amide bonds. The molecule has 1 aliphatic rings. The molecule has 0 aliphatic heterocycles. The summed E-state index contributed by atoms with van der Waals surface area (Å²) in [6, 6.07) is 8.40. The van der Waals surface area contributed by atoms with E-state index in [9.17, 15) is 4.79 Å². The number of carbonyl (C=O) groups is 1. The molecule has 2 N–H and O–H groups in total. The van der Waals surface area contributed by atoms with Crippen LogP contribution in [0.2, 0.25) is 0 Å². The first-order chi connectivity index (χ1) is 9.29. The number of hydrogen-bond acceptors (Lipinski definition) is 2. The molecule has 0 radical (unpaired) electrons. The lowest BCUT2D eigenvalue weighted by molar-refractivity contribution is -0.125. The zero-order valence-electron chi connectivity index (χ0n) is 11.0. The zero-order valence-corrected chi connectivity index (χ0v) is 11.0. The molecular weight excluding hydrogens is 240 g/mol. The third-order valence-electron chi connectivity index (χ3n) is 3.73. The lowest BCUT2D eigenvalue weighted by atomic mass is 9.91. The summed E-state index contributed by atoms with van der Waals surface area (Å²) < 4.78 is 4.87. The van der Waals surface area contributed by atoms with Crippen molar-refractivity contribution < 1.29 is 9.53 Å². The number of methoxy groups -OCH3 is 1. The van der Waals surface area contributed by atoms with Gasteiger partial charge in [0.15, 0.2) is 0 Å². The zero-order chi connectivity index (χ0) is 13.2. The van der Waals surface area contributed by atoms with E-state index in [0.717, 1.165) is 30.5 Å². The molecular formula is C15H18N2O2. The van der Waals surface area contributed by atoms with Gasteiger partial charge in [-0.05, 0) is 30.9 Å². The van der Waals surface area contributed by atoms with Gasteiger partial charge in [0.25, 0.3) is 0 Å². The number of para-hydroxylation sites is 1. The fraction of sp³-hybridized carbons (Fsp3) is 0.400. The van der Waals surface area contributed by atoms with Gasteiger partial charge >= 0.3 is 0 Å². The van der Waals surface area contributed by atoms with E-state index in [0.29, 0.717) is 0 Å². The molecule has 1 aliphatic carbocycles. The summed E-state index contributed by atoms with van der Waals surface area (Å²) >= 11 is 0. The Kier molecular flexibility index (Phi) is 3.25. The van der Waals surface area contributed by atoms with E-state index < -0.39 is 0 Å². The molecule has 1 unspecified atom stereocenters. The number of nitrogens with one attached hydrogen (secondary N) is 2. The largest absolute Gasteiger partial charge is 0.375 e. The molecule has 0 saturated heterocycles. The molecule has 1 atom stereocenters. The maximum Gasteiger partial charge on any atom is 0.246 e. The molecule has 100 valence electrons. The van der Waals surface area contributed by atoms with Crippen LogP contribution in [0.3, 0.4) is 0 Å². The average molecular weight is 258 g/mol. The Morgan fingerprint density at radius 2 is 2.32 bits per heavy atom. The van der Waals surface area contributed by atoms with Crippen LogP contribution in [-0.4, -0.2) is 24.6 Å². The molecule has 1 aromatic heterocycles. The van der Waals surface area contributed by atoms with E-state index in [1.807, 2.05) is 6.07 Å². The van der Waals surface area contributed by atoms with Crippen LogP contribution >= 0.6 is 0 Å². The van der Waals surface area contributed by atoms with Gasteiger partial charge in [0.1, 0.15) is 6.61 Å². The van der Waals surface area contributed by atoms with Crippen molar-refractivity contribution in [3.8, 4) is 0 Å². The fourth-order valence-corrected chi connectivity index (χ4v) is 2.93. The first-order valence-electron chi connectivity index (χ1n) is 6.67. The molecule has 0 spiro atoms. The topological polar surface area (TPSA) is 54.1 Å². The van der Waals surface area contributed by atoms with Crippen LogP contribution < -0.4 is 5.32 Å². The maximum atomic E-state index is 11.7. The van der Waals surface area contributed by atoms with Gasteiger partial charge in [-0.25, -0.2) is 0 Å². The highest BCUT2D eigenvalue weighted by atomic mass is 16.5. The molecule has 0 saturated carbocycles. The number of amides is 1. The molecule has 0 fully saturated rings. The predicted molar refractivity (Wildman–Crippen MR) is 74.0 cm³/mol. The Balaban J connectivity index is 1.93. The van der Waals surface area contributed by atoms with Crippen LogP contribution in [0.15, 0.2) is 24.3 Å². The molecule has 4 heteroatoms. The molecule has 4 nitrogen and oxygen atoms in total. The fourth-order valence-electron chi connectivity index (χ4n) is 2.93. The first-order valence-corrected chi connectivity index (χ1v) is 6.67. The van der Waals surface area contributed by atoms with Crippen LogP contribution in [0, 0.1) is 0 Å². The molecule has 19 heavy (non-hydrogen) atoms. The minimum absolute atomic E-state index is 0.0565. The monoisotopic (exact) mass is 258 g/mol. The van der Waals surface area contributed by atoms with Gasteiger partial charge in [-0.1, -0.05) is 18.2 Å². The Bertz CT molecular complexity index is 603. The first kappa shape index (κ1) is 12.2. The van der Waals surface area contributed by atoms with E-state index >= 15 is 0 Å². The summed E-state index contributed by atoms with van der Waals surface area (Å²) in [6.07, 6.45) is 3.16. The molecule has 1 aromatic carbocycles. The third-order valence-corrected chi connectivity index (χ3v) is 3.73. The summed E-state index contributed by atoms with van der Waals surface area (Å²) in [5.74, 6) is -0.0565. The average Bonchev–Trinajstić information content (AvgIpc) is 2.79. The van der Waals surface area contributed by atoms with Crippen LogP contribution in [0.25, 0.3) is 10.9 Å². The SMILES string of the molecule is COCC(=O)NC1CCCc2c1[nH]c1ccccc21. The quantitative estimate of drug-likeness (QED) is 0.887. The van der Waals surface area contributed by atoms with Crippen molar-refractivity contribution in [2.24, 2.45) is 0 Å². The van der Waals surface area contributed by atoms with Crippen LogP contribution in [0.4, 0.5) is 0 Å². The summed E-state index contributed by atoms with van der Waals surface area (Å²) in [7, 11) is 1.54. The number of hydrogen-bond donors (Lipinski definition) is 2. The van der Waals surface area contributed by atoms with Crippen molar-refractivity contribution >= 4 is 16.8 Å². The standard InChI is InChI=1S/C15H18N2O2/c1-19-9-14(18)16-13-8-4-6-11-10-5-2-3-7-12(10)17-15(11)13/h2-3,5,7,13,17H,4,6,8-9H2,1H3,(H,16,18). The van der Waals surface area contributed by atoms with Gasteiger partial charge < -0.3 is 15.0 Å². The summed E-state index contributed by atoms with van der Waals surface area (Å²) in [4.78, 5) is 15.1. The van der Waals surface area contributed by atoms with Crippen molar-refractivity contribution in [3.63, 3.8) is 0 Å². The van der Waals surface area contributed by atoms with Crippen molar-refractivity contribution in [2.75, 3.05) is 13.7 Å². The van der Waals surface area contributed by atoms with Gasteiger partial charge in [0, 0.05) is 23.7 Å². The second-order valence-electron chi connectivity index (χ2n) is 5.01. The molecule has 1 heterocycles.